The first-order valence-corrected chi connectivity index (χ1v) is 10.2. The third kappa shape index (κ3) is 3.41. The summed E-state index contributed by atoms with van der Waals surface area (Å²) in [7, 11) is -3.49. The molecule has 1 aliphatic rings. The minimum Gasteiger partial charge on any atom is -0.364 e. The van der Waals surface area contributed by atoms with Crippen LogP contribution in [-0.4, -0.2) is 34.4 Å². The summed E-state index contributed by atoms with van der Waals surface area (Å²) < 4.78 is 25.2. The summed E-state index contributed by atoms with van der Waals surface area (Å²) in [5.41, 5.74) is -0.240. The number of nitrogens with one attached hydrogen (secondary N) is 1. The lowest BCUT2D eigenvalue weighted by Crippen LogP contribution is -2.10. The van der Waals surface area contributed by atoms with Crippen LogP contribution in [0.4, 0.5) is 10.7 Å². The summed E-state index contributed by atoms with van der Waals surface area (Å²) in [6, 6.07) is 1.09. The van der Waals surface area contributed by atoms with E-state index in [2.05, 4.69) is 15.5 Å². The highest BCUT2D eigenvalue weighted by Gasteiger charge is 2.24. The van der Waals surface area contributed by atoms with Crippen LogP contribution in [0.3, 0.4) is 0 Å². The number of aryl methyl sites for hydroxylation is 1. The van der Waals surface area contributed by atoms with Crippen LogP contribution in [0.5, 0.6) is 0 Å². The van der Waals surface area contributed by atoms with E-state index in [-0.39, 0.29) is 21.4 Å². The highest BCUT2D eigenvalue weighted by atomic mass is 32.2. The van der Waals surface area contributed by atoms with Crippen LogP contribution in [0.2, 0.25) is 0 Å². The normalized spacial score (nSPS) is 14.9. The van der Waals surface area contributed by atoms with Gasteiger partial charge in [-0.25, -0.2) is 8.42 Å². The van der Waals surface area contributed by atoms with E-state index in [0.29, 0.717) is 5.82 Å². The van der Waals surface area contributed by atoms with Crippen LogP contribution in [-0.2, 0) is 29.3 Å². The van der Waals surface area contributed by atoms with Crippen molar-refractivity contribution < 1.29 is 13.3 Å². The second kappa shape index (κ2) is 6.48. The van der Waals surface area contributed by atoms with Gasteiger partial charge < -0.3 is 9.88 Å². The highest BCUT2D eigenvalue weighted by Crippen LogP contribution is 2.37. The smallest absolute Gasteiger partial charge is 0.304 e. The van der Waals surface area contributed by atoms with E-state index in [1.165, 1.54) is 0 Å². The maximum absolute atomic E-state index is 11.6. The predicted octanol–water partition coefficient (Wildman–Crippen LogP) is 1.99. The molecule has 0 bridgehead atoms. The molecule has 0 atom stereocenters. The van der Waals surface area contributed by atoms with E-state index in [9.17, 15) is 18.5 Å². The first-order chi connectivity index (χ1) is 11.4. The predicted molar refractivity (Wildman–Crippen MR) is 89.0 cm³/mol. The van der Waals surface area contributed by atoms with Crippen LogP contribution in [0.1, 0.15) is 30.9 Å². The van der Waals surface area contributed by atoms with Crippen molar-refractivity contribution in [3.05, 3.63) is 27.8 Å². The number of nitrogens with zero attached hydrogens (tertiary/aromatic N) is 4. The van der Waals surface area contributed by atoms with Gasteiger partial charge in [0.25, 0.3) is 0 Å². The first kappa shape index (κ1) is 16.8. The molecule has 0 amide bonds. The zero-order valence-corrected chi connectivity index (χ0v) is 14.7. The molecule has 11 heteroatoms. The van der Waals surface area contributed by atoms with Crippen molar-refractivity contribution in [2.24, 2.45) is 0 Å². The monoisotopic (exact) mass is 371 g/mol. The molecule has 0 spiro atoms. The van der Waals surface area contributed by atoms with E-state index in [0.717, 1.165) is 61.7 Å². The van der Waals surface area contributed by atoms with Gasteiger partial charge in [0, 0.05) is 25.3 Å². The molecule has 0 unspecified atom stereocenters. The second-order valence-electron chi connectivity index (χ2n) is 5.66. The van der Waals surface area contributed by atoms with Gasteiger partial charge in [-0.3, -0.25) is 10.1 Å². The van der Waals surface area contributed by atoms with Gasteiger partial charge in [-0.1, -0.05) is 17.8 Å². The number of anilines is 1. The third-order valence-electron chi connectivity index (χ3n) is 3.85. The Labute approximate surface area is 142 Å². The number of sulfone groups is 1. The Kier molecular flexibility index (Phi) is 4.54. The lowest BCUT2D eigenvalue weighted by Gasteiger charge is -2.07. The van der Waals surface area contributed by atoms with Crippen molar-refractivity contribution in [1.29, 1.82) is 0 Å². The Morgan fingerprint density at radius 3 is 2.88 bits per heavy atom. The molecule has 0 fully saturated rings. The quantitative estimate of drug-likeness (QED) is 0.630. The third-order valence-corrected chi connectivity index (χ3v) is 6.73. The maximum Gasteiger partial charge on any atom is 0.304 e. The second-order valence-corrected chi connectivity index (χ2v) is 8.95. The van der Waals surface area contributed by atoms with Crippen LogP contribution >= 0.6 is 11.3 Å². The van der Waals surface area contributed by atoms with Gasteiger partial charge in [0.2, 0.25) is 0 Å². The molecule has 0 saturated heterocycles. The molecule has 1 aliphatic heterocycles. The summed E-state index contributed by atoms with van der Waals surface area (Å²) in [6.45, 7) is 1.10. The Bertz CT molecular complexity index is 871. The molecule has 0 saturated carbocycles. The molecule has 2 aromatic heterocycles. The molecule has 3 rings (SSSR count). The highest BCUT2D eigenvalue weighted by molar-refractivity contribution is 7.92. The molecular formula is C13H17N5O4S2. The fourth-order valence-electron chi connectivity index (χ4n) is 2.64. The number of aromatic nitrogens is 3. The van der Waals surface area contributed by atoms with Crippen LogP contribution in [0.15, 0.2) is 10.3 Å². The van der Waals surface area contributed by atoms with Crippen LogP contribution in [0.25, 0.3) is 0 Å². The fraction of sp³-hybridized carbons (Fsp3) is 0.538. The summed E-state index contributed by atoms with van der Waals surface area (Å²) in [4.78, 5) is 10.6. The number of rotatable bonds is 5. The molecular weight excluding hydrogens is 354 g/mol. The average Bonchev–Trinajstić information content (AvgIpc) is 3.02. The van der Waals surface area contributed by atoms with Crippen LogP contribution < -0.4 is 5.32 Å². The van der Waals surface area contributed by atoms with Gasteiger partial charge in [0.05, 0.1) is 11.5 Å². The number of thiophene rings is 1. The number of hydrogen-bond donors (Lipinski definition) is 1. The molecule has 24 heavy (non-hydrogen) atoms. The SMILES string of the molecule is CS(=O)(=O)c1cc([N+](=O)[O-])c(NCc2nnc3n2CCCCC3)s1. The molecule has 2 aromatic rings. The van der Waals surface area contributed by atoms with Gasteiger partial charge >= 0.3 is 5.69 Å². The van der Waals surface area contributed by atoms with Gasteiger partial charge in [-0.15, -0.1) is 10.2 Å². The molecule has 9 nitrogen and oxygen atoms in total. The van der Waals surface area contributed by atoms with Crippen LogP contribution in [0, 0.1) is 10.1 Å². The van der Waals surface area contributed by atoms with Crippen molar-refractivity contribution >= 4 is 31.9 Å². The first-order valence-electron chi connectivity index (χ1n) is 7.49. The summed E-state index contributed by atoms with van der Waals surface area (Å²) in [6.07, 6.45) is 5.19. The minimum atomic E-state index is -3.49. The molecule has 0 radical (unpaired) electrons. The Morgan fingerprint density at radius 2 is 2.17 bits per heavy atom. The van der Waals surface area contributed by atoms with E-state index in [1.54, 1.807) is 0 Å². The summed E-state index contributed by atoms with van der Waals surface area (Å²) in [5.74, 6) is 1.64. The minimum absolute atomic E-state index is 0.0308. The molecule has 0 aliphatic carbocycles. The van der Waals surface area contributed by atoms with Gasteiger partial charge in [0.15, 0.2) is 20.7 Å². The van der Waals surface area contributed by atoms with E-state index < -0.39 is 14.8 Å². The van der Waals surface area contributed by atoms with Gasteiger partial charge in [-0.05, 0) is 12.8 Å². The van der Waals surface area contributed by atoms with Crippen molar-refractivity contribution in [2.45, 2.75) is 43.0 Å². The number of fused-ring (bicyclic) bond motifs is 1. The zero-order valence-electron chi connectivity index (χ0n) is 13.1. The Balaban J connectivity index is 1.83. The van der Waals surface area contributed by atoms with Crippen molar-refractivity contribution in [3.63, 3.8) is 0 Å². The van der Waals surface area contributed by atoms with Crippen molar-refractivity contribution in [1.82, 2.24) is 14.8 Å². The standard InChI is InChI=1S/C13H17N5O4S2/c1-24(21,22)12-7-9(18(19)20)13(23-12)14-8-11-16-15-10-5-3-2-4-6-17(10)11/h7,14H,2-6,8H2,1H3. The zero-order chi connectivity index (χ0) is 17.3. The van der Waals surface area contributed by atoms with Crippen molar-refractivity contribution in [2.75, 3.05) is 11.6 Å². The van der Waals surface area contributed by atoms with Gasteiger partial charge in [0.1, 0.15) is 10.0 Å². The number of nitro groups is 1. The Morgan fingerprint density at radius 1 is 1.38 bits per heavy atom. The number of hydrogen-bond acceptors (Lipinski definition) is 8. The topological polar surface area (TPSA) is 120 Å². The molecule has 1 N–H and O–H groups in total. The molecule has 0 aromatic carbocycles. The van der Waals surface area contributed by atoms with E-state index in [4.69, 9.17) is 0 Å². The Hall–Kier alpha value is -2.01. The summed E-state index contributed by atoms with van der Waals surface area (Å²) >= 11 is 0.860. The fourth-order valence-corrected chi connectivity index (χ4v) is 4.58. The maximum atomic E-state index is 11.6. The van der Waals surface area contributed by atoms with E-state index >= 15 is 0 Å². The molecule has 130 valence electrons. The molecule has 3 heterocycles. The largest absolute Gasteiger partial charge is 0.364 e. The lowest BCUT2D eigenvalue weighted by atomic mass is 10.2. The lowest BCUT2D eigenvalue weighted by molar-refractivity contribution is -0.383. The van der Waals surface area contributed by atoms with E-state index in [1.807, 2.05) is 4.57 Å². The summed E-state index contributed by atoms with van der Waals surface area (Å²) in [5, 5.41) is 22.6. The van der Waals surface area contributed by atoms with Crippen molar-refractivity contribution in [3.8, 4) is 0 Å². The average molecular weight is 371 g/mol. The van der Waals surface area contributed by atoms with Gasteiger partial charge in [-0.2, -0.15) is 0 Å².